The summed E-state index contributed by atoms with van der Waals surface area (Å²) in [7, 11) is 1.79. The van der Waals surface area contributed by atoms with E-state index in [9.17, 15) is 9.18 Å². The lowest BCUT2D eigenvalue weighted by atomic mass is 10.0. The molecule has 1 unspecified atom stereocenters. The van der Waals surface area contributed by atoms with Gasteiger partial charge in [-0.2, -0.15) is 5.10 Å². The Bertz CT molecular complexity index is 1510. The topological polar surface area (TPSA) is 77.1 Å². The van der Waals surface area contributed by atoms with Gasteiger partial charge in [-0.05, 0) is 36.8 Å². The first kappa shape index (κ1) is 20.3. The number of furan rings is 1. The van der Waals surface area contributed by atoms with E-state index in [1.54, 1.807) is 28.8 Å². The molecule has 0 spiro atoms. The van der Waals surface area contributed by atoms with E-state index in [1.165, 1.54) is 18.5 Å². The number of nitrogens with zero attached hydrogens (tertiary/aromatic N) is 5. The number of aromatic nitrogens is 4. The predicted octanol–water partition coefficient (Wildman–Crippen LogP) is 4.96. The van der Waals surface area contributed by atoms with Gasteiger partial charge in [0.05, 0.1) is 11.1 Å². The molecule has 0 radical (unpaired) electrons. The number of amides is 1. The monoisotopic (exact) mass is 453 g/mol. The Morgan fingerprint density at radius 1 is 1.00 bits per heavy atom. The van der Waals surface area contributed by atoms with E-state index in [0.29, 0.717) is 35.8 Å². The van der Waals surface area contributed by atoms with Crippen molar-refractivity contribution in [1.29, 1.82) is 0 Å². The number of halogens is 1. The third-order valence-electron chi connectivity index (χ3n) is 6.21. The zero-order chi connectivity index (χ0) is 23.2. The van der Waals surface area contributed by atoms with Crippen LogP contribution in [0.3, 0.4) is 0 Å². The molecule has 8 heteroatoms. The first-order valence-electron chi connectivity index (χ1n) is 11.0. The summed E-state index contributed by atoms with van der Waals surface area (Å²) in [5.74, 6) is 0.368. The van der Waals surface area contributed by atoms with Crippen LogP contribution in [0.25, 0.3) is 44.9 Å². The smallest absolute Gasteiger partial charge is 0.247 e. The van der Waals surface area contributed by atoms with Crippen LogP contribution in [-0.2, 0) is 4.79 Å². The van der Waals surface area contributed by atoms with Crippen molar-refractivity contribution in [2.45, 2.75) is 12.5 Å². The van der Waals surface area contributed by atoms with Crippen LogP contribution in [-0.4, -0.2) is 44.1 Å². The highest BCUT2D eigenvalue weighted by atomic mass is 19.1. The molecule has 1 atom stereocenters. The van der Waals surface area contributed by atoms with Crippen LogP contribution >= 0.6 is 0 Å². The van der Waals surface area contributed by atoms with Gasteiger partial charge in [-0.15, -0.1) is 0 Å². The summed E-state index contributed by atoms with van der Waals surface area (Å²) in [5.41, 5.74) is 4.10. The molecule has 7 nitrogen and oxygen atoms in total. The van der Waals surface area contributed by atoms with E-state index < -0.39 is 0 Å². The van der Waals surface area contributed by atoms with Crippen LogP contribution < -0.4 is 0 Å². The molecule has 0 saturated carbocycles. The molecule has 0 bridgehead atoms. The second-order valence-corrected chi connectivity index (χ2v) is 8.36. The van der Waals surface area contributed by atoms with Crippen LogP contribution in [0.5, 0.6) is 0 Å². The van der Waals surface area contributed by atoms with Crippen molar-refractivity contribution in [3.8, 4) is 33.8 Å². The van der Waals surface area contributed by atoms with E-state index in [-0.39, 0.29) is 17.8 Å². The maximum absolute atomic E-state index is 13.6. The highest BCUT2D eigenvalue weighted by molar-refractivity contribution is 5.96. The number of hydrogen-bond acceptors (Lipinski definition) is 5. The van der Waals surface area contributed by atoms with Crippen LogP contribution in [0.2, 0.25) is 0 Å². The lowest BCUT2D eigenvalue weighted by molar-refractivity contribution is -0.129. The Hall–Kier alpha value is -4.33. The van der Waals surface area contributed by atoms with Gasteiger partial charge < -0.3 is 9.32 Å². The zero-order valence-electron chi connectivity index (χ0n) is 18.4. The Balaban J connectivity index is 1.54. The second kappa shape index (κ2) is 7.91. The molecule has 5 aromatic rings. The third kappa shape index (κ3) is 3.35. The van der Waals surface area contributed by atoms with Crippen LogP contribution in [0, 0.1) is 5.82 Å². The van der Waals surface area contributed by atoms with E-state index in [0.717, 1.165) is 22.1 Å². The number of likely N-dealkylation sites (N-methyl/N-ethyl adjacent to an activating group) is 1. The molecule has 2 aromatic carbocycles. The minimum atomic E-state index is -0.389. The summed E-state index contributed by atoms with van der Waals surface area (Å²) in [4.78, 5) is 23.3. The summed E-state index contributed by atoms with van der Waals surface area (Å²) in [6.45, 7) is 0.671. The number of rotatable bonds is 4. The van der Waals surface area contributed by atoms with Gasteiger partial charge in [0.2, 0.25) is 11.6 Å². The van der Waals surface area contributed by atoms with Crippen molar-refractivity contribution >= 4 is 17.0 Å². The van der Waals surface area contributed by atoms with Crippen LogP contribution in [0.1, 0.15) is 12.5 Å². The van der Waals surface area contributed by atoms with E-state index in [2.05, 4.69) is 9.97 Å². The van der Waals surface area contributed by atoms with Gasteiger partial charge in [0.1, 0.15) is 29.6 Å². The predicted molar refractivity (Wildman–Crippen MR) is 125 cm³/mol. The van der Waals surface area contributed by atoms with Crippen molar-refractivity contribution in [3.05, 3.63) is 79.0 Å². The fourth-order valence-corrected chi connectivity index (χ4v) is 4.41. The second-order valence-electron chi connectivity index (χ2n) is 8.36. The summed E-state index contributed by atoms with van der Waals surface area (Å²) in [6, 6.07) is 17.4. The van der Waals surface area contributed by atoms with Gasteiger partial charge in [0.15, 0.2) is 0 Å². The molecule has 6 rings (SSSR count). The SMILES string of the molecule is CN1CCC(n2cc(-c3ncnc4oc(-c5ccccc5)cc34)c(-c3ccc(F)cc3)n2)C1=O. The van der Waals surface area contributed by atoms with E-state index in [1.807, 2.05) is 42.6 Å². The summed E-state index contributed by atoms with van der Waals surface area (Å²) in [5, 5.41) is 5.52. The molecular weight excluding hydrogens is 433 g/mol. The van der Waals surface area contributed by atoms with Gasteiger partial charge in [0, 0.05) is 36.5 Å². The summed E-state index contributed by atoms with van der Waals surface area (Å²) < 4.78 is 21.4. The lowest BCUT2D eigenvalue weighted by Gasteiger charge is -2.10. The molecule has 0 aliphatic carbocycles. The summed E-state index contributed by atoms with van der Waals surface area (Å²) in [6.07, 6.45) is 3.97. The largest absolute Gasteiger partial charge is 0.438 e. The molecule has 168 valence electrons. The average Bonchev–Trinajstić information content (AvgIpc) is 3.57. The van der Waals surface area contributed by atoms with Gasteiger partial charge in [0.25, 0.3) is 0 Å². The molecule has 4 heterocycles. The van der Waals surface area contributed by atoms with Gasteiger partial charge >= 0.3 is 0 Å². The number of likely N-dealkylation sites (tertiary alicyclic amines) is 1. The zero-order valence-corrected chi connectivity index (χ0v) is 18.4. The normalized spacial score (nSPS) is 16.0. The van der Waals surface area contributed by atoms with E-state index in [4.69, 9.17) is 9.52 Å². The maximum atomic E-state index is 13.6. The van der Waals surface area contributed by atoms with Crippen molar-refractivity contribution in [2.24, 2.45) is 0 Å². The highest BCUT2D eigenvalue weighted by Crippen LogP contribution is 2.38. The van der Waals surface area contributed by atoms with E-state index >= 15 is 0 Å². The fourth-order valence-electron chi connectivity index (χ4n) is 4.41. The minimum Gasteiger partial charge on any atom is -0.438 e. The van der Waals surface area contributed by atoms with Gasteiger partial charge in [-0.1, -0.05) is 30.3 Å². The van der Waals surface area contributed by atoms with Gasteiger partial charge in [-0.3, -0.25) is 9.48 Å². The first-order valence-corrected chi connectivity index (χ1v) is 11.0. The minimum absolute atomic E-state index is 0.0159. The number of benzene rings is 2. The Kier molecular flexibility index (Phi) is 4.72. The maximum Gasteiger partial charge on any atom is 0.247 e. The number of fused-ring (bicyclic) bond motifs is 1. The standard InChI is InChI=1S/C26H20FN5O2/c1-31-12-11-21(26(31)33)32-14-20(23(30-32)17-7-9-18(27)10-8-17)24-19-13-22(16-5-3-2-4-6-16)34-25(19)29-15-28-24/h2-10,13-15,21H,11-12H2,1H3. The Labute approximate surface area is 194 Å². The van der Waals surface area contributed by atoms with Crippen LogP contribution in [0.4, 0.5) is 4.39 Å². The summed E-state index contributed by atoms with van der Waals surface area (Å²) >= 11 is 0. The average molecular weight is 453 g/mol. The Morgan fingerprint density at radius 2 is 1.79 bits per heavy atom. The first-order chi connectivity index (χ1) is 16.6. The quantitative estimate of drug-likeness (QED) is 0.384. The molecule has 0 N–H and O–H groups in total. The Morgan fingerprint density at radius 3 is 2.53 bits per heavy atom. The van der Waals surface area contributed by atoms with Crippen molar-refractivity contribution in [3.63, 3.8) is 0 Å². The van der Waals surface area contributed by atoms with Crippen molar-refractivity contribution < 1.29 is 13.6 Å². The fraction of sp³-hybridized carbons (Fsp3) is 0.154. The molecule has 1 fully saturated rings. The number of carbonyl (C=O) groups is 1. The van der Waals surface area contributed by atoms with Crippen molar-refractivity contribution in [2.75, 3.05) is 13.6 Å². The molecule has 3 aromatic heterocycles. The third-order valence-corrected chi connectivity index (χ3v) is 6.21. The molecule has 1 saturated heterocycles. The van der Waals surface area contributed by atoms with Crippen LogP contribution in [0.15, 0.2) is 77.6 Å². The molecular formula is C26H20FN5O2. The lowest BCUT2D eigenvalue weighted by Crippen LogP contribution is -2.24. The molecule has 1 aliphatic heterocycles. The number of carbonyl (C=O) groups excluding carboxylic acids is 1. The highest BCUT2D eigenvalue weighted by Gasteiger charge is 2.32. The molecule has 34 heavy (non-hydrogen) atoms. The molecule has 1 amide bonds. The van der Waals surface area contributed by atoms with Gasteiger partial charge in [-0.25, -0.2) is 14.4 Å². The van der Waals surface area contributed by atoms with Crippen molar-refractivity contribution in [1.82, 2.24) is 24.6 Å². The number of hydrogen-bond donors (Lipinski definition) is 0. The molecule has 1 aliphatic rings.